The van der Waals surface area contributed by atoms with Crippen molar-refractivity contribution >= 4 is 40.2 Å². The molecule has 2 nitrogen and oxygen atoms in total. The van der Waals surface area contributed by atoms with Crippen molar-refractivity contribution in [1.82, 2.24) is 0 Å². The fourth-order valence-corrected chi connectivity index (χ4v) is 6.96. The van der Waals surface area contributed by atoms with Crippen molar-refractivity contribution in [3.05, 3.63) is 43.3 Å². The van der Waals surface area contributed by atoms with Crippen molar-refractivity contribution in [2.45, 2.75) is 90.3 Å². The van der Waals surface area contributed by atoms with Gasteiger partial charge in [0.15, 0.2) is 0 Å². The number of hydrogen-bond acceptors (Lipinski definition) is 2. The van der Waals surface area contributed by atoms with Crippen LogP contribution in [-0.4, -0.2) is 13.4 Å². The van der Waals surface area contributed by atoms with Gasteiger partial charge in [-0.05, 0) is 136 Å². The molecule has 0 aromatic heterocycles. The average Bonchev–Trinajstić information content (AvgIpc) is 2.69. The second-order valence-corrected chi connectivity index (χ2v) is 17.1. The molecule has 0 atom stereocenters. The number of benzene rings is 2. The maximum atomic E-state index is 11.4. The molecule has 2 aromatic rings. The monoisotopic (exact) mass is 564 g/mol. The number of fused-ring (bicyclic) bond motifs is 2. The molecule has 2 aromatic carbocycles. The molecule has 0 fully saturated rings. The number of phenolic OH excluding ortho intramolecular Hbond substituents is 1. The minimum absolute atomic E-state index is 0.0956. The predicted molar refractivity (Wildman–Crippen MR) is 140 cm³/mol. The van der Waals surface area contributed by atoms with Gasteiger partial charge in [0, 0.05) is 11.1 Å². The predicted octanol–water partition coefficient (Wildman–Crippen LogP) is 8.73. The van der Waals surface area contributed by atoms with Crippen LogP contribution in [0.2, 0.25) is 18.1 Å². The topological polar surface area (TPSA) is 29.5 Å². The zero-order chi connectivity index (χ0) is 22.6. The Morgan fingerprint density at radius 3 is 1.84 bits per heavy atom. The first-order valence-corrected chi connectivity index (χ1v) is 16.1. The second-order valence-electron chi connectivity index (χ2n) is 10.7. The van der Waals surface area contributed by atoms with Crippen molar-refractivity contribution in [3.63, 3.8) is 0 Å². The van der Waals surface area contributed by atoms with Gasteiger partial charge in [-0.2, -0.15) is 0 Å². The standard InChI is InChI=1S/C26H34Br2O2Si/c1-26(2,3)31(4,5)30-25-21(28)15-17-11-7-9-13-19(17)23(25)22-18-12-8-6-10-16(18)14-20(27)24(22)29/h14-15,29H,6-13H2,1-5H3. The van der Waals surface area contributed by atoms with Crippen LogP contribution in [0.25, 0.3) is 11.1 Å². The minimum atomic E-state index is -2.08. The highest BCUT2D eigenvalue weighted by atomic mass is 79.9. The van der Waals surface area contributed by atoms with Crippen LogP contribution in [-0.2, 0) is 25.7 Å². The Bertz CT molecular complexity index is 1020. The third kappa shape index (κ3) is 4.27. The van der Waals surface area contributed by atoms with E-state index in [2.05, 4.69) is 77.9 Å². The van der Waals surface area contributed by atoms with Gasteiger partial charge < -0.3 is 9.53 Å². The lowest BCUT2D eigenvalue weighted by atomic mass is 9.80. The second kappa shape index (κ2) is 8.53. The fourth-order valence-electron chi connectivity index (χ4n) is 4.75. The minimum Gasteiger partial charge on any atom is -0.542 e. The smallest absolute Gasteiger partial charge is 0.250 e. The number of aromatic hydroxyl groups is 1. The molecular formula is C26H34Br2O2Si. The Morgan fingerprint density at radius 1 is 0.806 bits per heavy atom. The Kier molecular flexibility index (Phi) is 6.43. The van der Waals surface area contributed by atoms with E-state index in [1.54, 1.807) is 0 Å². The van der Waals surface area contributed by atoms with Gasteiger partial charge in [-0.3, -0.25) is 0 Å². The molecule has 0 heterocycles. The lowest BCUT2D eigenvalue weighted by molar-refractivity contribution is 0.469. The molecule has 1 N–H and O–H groups in total. The summed E-state index contributed by atoms with van der Waals surface area (Å²) in [5.41, 5.74) is 7.62. The number of phenols is 1. The molecule has 0 saturated carbocycles. The van der Waals surface area contributed by atoms with Gasteiger partial charge >= 0.3 is 0 Å². The molecular weight excluding hydrogens is 532 g/mol. The Morgan fingerprint density at radius 2 is 1.29 bits per heavy atom. The van der Waals surface area contributed by atoms with E-state index >= 15 is 0 Å². The van der Waals surface area contributed by atoms with Crippen molar-refractivity contribution in [2.24, 2.45) is 0 Å². The summed E-state index contributed by atoms with van der Waals surface area (Å²) in [6.07, 6.45) is 9.05. The third-order valence-corrected chi connectivity index (χ3v) is 13.1. The molecule has 5 heteroatoms. The van der Waals surface area contributed by atoms with Gasteiger partial charge in [0.1, 0.15) is 11.5 Å². The summed E-state index contributed by atoms with van der Waals surface area (Å²) in [5, 5.41) is 11.5. The molecule has 0 unspecified atom stereocenters. The summed E-state index contributed by atoms with van der Waals surface area (Å²) in [6, 6.07) is 4.41. The van der Waals surface area contributed by atoms with Crippen molar-refractivity contribution in [1.29, 1.82) is 0 Å². The molecule has 2 aliphatic rings. The molecule has 0 aliphatic heterocycles. The number of hydrogen-bond donors (Lipinski definition) is 1. The molecule has 31 heavy (non-hydrogen) atoms. The highest BCUT2D eigenvalue weighted by molar-refractivity contribution is 9.11. The van der Waals surface area contributed by atoms with Gasteiger partial charge in [0.05, 0.1) is 8.95 Å². The number of aryl methyl sites for hydroxylation is 2. The van der Waals surface area contributed by atoms with E-state index in [0.29, 0.717) is 5.75 Å². The van der Waals surface area contributed by atoms with Crippen molar-refractivity contribution in [3.8, 4) is 22.6 Å². The summed E-state index contributed by atoms with van der Waals surface area (Å²) >= 11 is 7.55. The number of halogens is 2. The Balaban J connectivity index is 2.04. The van der Waals surface area contributed by atoms with Gasteiger partial charge in [0.2, 0.25) is 0 Å². The van der Waals surface area contributed by atoms with E-state index in [1.165, 1.54) is 47.9 Å². The molecule has 0 saturated heterocycles. The van der Waals surface area contributed by atoms with E-state index in [4.69, 9.17) is 4.43 Å². The maximum Gasteiger partial charge on any atom is 0.250 e. The number of rotatable bonds is 3. The van der Waals surface area contributed by atoms with Crippen LogP contribution >= 0.6 is 31.9 Å². The molecule has 0 bridgehead atoms. The zero-order valence-electron chi connectivity index (χ0n) is 19.4. The van der Waals surface area contributed by atoms with Crippen LogP contribution in [0.15, 0.2) is 21.1 Å². The lowest BCUT2D eigenvalue weighted by Gasteiger charge is -2.38. The molecule has 168 valence electrons. The average molecular weight is 566 g/mol. The van der Waals surface area contributed by atoms with Crippen LogP contribution in [0.5, 0.6) is 11.5 Å². The van der Waals surface area contributed by atoms with E-state index in [9.17, 15) is 5.11 Å². The third-order valence-electron chi connectivity index (χ3n) is 7.55. The molecule has 0 radical (unpaired) electrons. The summed E-state index contributed by atoms with van der Waals surface area (Å²) in [4.78, 5) is 0. The van der Waals surface area contributed by atoms with E-state index in [0.717, 1.165) is 51.5 Å². The molecule has 0 amide bonds. The Labute approximate surface area is 205 Å². The Hall–Kier alpha value is -0.783. The van der Waals surface area contributed by atoms with Crippen LogP contribution in [0.4, 0.5) is 0 Å². The lowest BCUT2D eigenvalue weighted by Crippen LogP contribution is -2.44. The van der Waals surface area contributed by atoms with Gasteiger partial charge in [-0.25, -0.2) is 0 Å². The maximum absolute atomic E-state index is 11.4. The first-order valence-electron chi connectivity index (χ1n) is 11.6. The van der Waals surface area contributed by atoms with E-state index in [1.807, 2.05) is 0 Å². The summed E-state index contributed by atoms with van der Waals surface area (Å²) < 4.78 is 8.82. The van der Waals surface area contributed by atoms with E-state index < -0.39 is 8.32 Å². The van der Waals surface area contributed by atoms with Gasteiger partial charge in [-0.15, -0.1) is 0 Å². The van der Waals surface area contributed by atoms with Crippen molar-refractivity contribution in [2.75, 3.05) is 0 Å². The van der Waals surface area contributed by atoms with Crippen LogP contribution < -0.4 is 4.43 Å². The van der Waals surface area contributed by atoms with Gasteiger partial charge in [-0.1, -0.05) is 20.8 Å². The molecule has 0 spiro atoms. The summed E-state index contributed by atoms with van der Waals surface area (Å²) in [5.74, 6) is 1.31. The quantitative estimate of drug-likeness (QED) is 0.377. The van der Waals surface area contributed by atoms with Crippen LogP contribution in [0, 0.1) is 0 Å². The molecule has 2 aliphatic carbocycles. The first-order chi connectivity index (χ1) is 14.5. The normalized spacial score (nSPS) is 16.6. The zero-order valence-corrected chi connectivity index (χ0v) is 23.6. The van der Waals surface area contributed by atoms with Gasteiger partial charge in [0.25, 0.3) is 8.32 Å². The van der Waals surface area contributed by atoms with Crippen LogP contribution in [0.1, 0.15) is 68.7 Å². The highest BCUT2D eigenvalue weighted by Crippen LogP contribution is 2.52. The van der Waals surface area contributed by atoms with E-state index in [-0.39, 0.29) is 5.04 Å². The SMILES string of the molecule is CC(C)(C)[Si](C)(C)Oc1c(Br)cc2c(c1-c1c(O)c(Br)cc3c1CCCC3)CCCC2. The largest absolute Gasteiger partial charge is 0.542 e. The first kappa shape index (κ1) is 23.4. The molecule has 4 rings (SSSR count). The summed E-state index contributed by atoms with van der Waals surface area (Å²) in [6.45, 7) is 11.5. The van der Waals surface area contributed by atoms with Crippen molar-refractivity contribution < 1.29 is 9.53 Å². The fraction of sp³-hybridized carbons (Fsp3) is 0.538. The highest BCUT2D eigenvalue weighted by Gasteiger charge is 2.41. The summed E-state index contributed by atoms with van der Waals surface area (Å²) in [7, 11) is -2.08. The van der Waals surface area contributed by atoms with Crippen LogP contribution in [0.3, 0.4) is 0 Å².